The molecule has 0 spiro atoms. The fraction of sp³-hybridized carbons (Fsp3) is 0.561. The van der Waals surface area contributed by atoms with Crippen LogP contribution in [0.15, 0.2) is 48.7 Å². The van der Waals surface area contributed by atoms with Crippen LogP contribution in [0.25, 0.3) is 10.8 Å². The first kappa shape index (κ1) is 44.1. The molecule has 7 N–H and O–H groups in total. The summed E-state index contributed by atoms with van der Waals surface area (Å²) in [6, 6.07) is 7.79. The number of fused-ring (bicyclic) bond motifs is 1. The minimum absolute atomic E-state index is 0.000931. The summed E-state index contributed by atoms with van der Waals surface area (Å²) in [6.45, 7) is 3.11. The Morgan fingerprint density at radius 2 is 1.65 bits per heavy atom. The largest absolute Gasteiger partial charge is 0.384 e. The summed E-state index contributed by atoms with van der Waals surface area (Å²) < 4.78 is 27.6. The normalized spacial score (nSPS) is 19.6. The molecule has 0 bridgehead atoms. The van der Waals surface area contributed by atoms with Gasteiger partial charge in [0.2, 0.25) is 27.6 Å². The van der Waals surface area contributed by atoms with Crippen LogP contribution in [0, 0.1) is 5.92 Å². The topological polar surface area (TPSA) is 265 Å². The number of nitrogens with one attached hydrogen (secondary N) is 4. The van der Waals surface area contributed by atoms with Crippen molar-refractivity contribution in [3.05, 3.63) is 59.9 Å². The Morgan fingerprint density at radius 1 is 0.933 bits per heavy atom. The third-order valence-corrected chi connectivity index (χ3v) is 13.4. The number of ketones is 1. The highest BCUT2D eigenvalue weighted by atomic mass is 32.2. The van der Waals surface area contributed by atoms with Gasteiger partial charge in [-0.25, -0.2) is 22.6 Å². The van der Waals surface area contributed by atoms with Crippen LogP contribution in [-0.4, -0.2) is 105 Å². The molecule has 6 rings (SSSR count). The summed E-state index contributed by atoms with van der Waals surface area (Å²) in [6.07, 6.45) is 7.98. The average Bonchev–Trinajstić information content (AvgIpc) is 3.80. The number of unbranched alkanes of at least 4 members (excludes halogenated alkanes) is 1. The average molecular weight is 850 g/mol. The summed E-state index contributed by atoms with van der Waals surface area (Å²) in [4.78, 5) is 81.8. The number of hydrogen-bond donors (Lipinski definition) is 6. The summed E-state index contributed by atoms with van der Waals surface area (Å²) in [5, 5.41) is 28.4. The maximum Gasteiger partial charge on any atom is 0.328 e. The summed E-state index contributed by atoms with van der Waals surface area (Å²) in [5.74, 6) is -3.88. The van der Waals surface area contributed by atoms with Gasteiger partial charge in [0, 0.05) is 25.1 Å². The number of rotatable bonds is 18. The highest BCUT2D eigenvalue weighted by Crippen LogP contribution is 2.34. The summed E-state index contributed by atoms with van der Waals surface area (Å²) in [7, 11) is -3.74. The van der Waals surface area contributed by atoms with E-state index in [2.05, 4.69) is 26.3 Å². The zero-order valence-corrected chi connectivity index (χ0v) is 34.8. The summed E-state index contributed by atoms with van der Waals surface area (Å²) in [5.41, 5.74) is 4.72. The van der Waals surface area contributed by atoms with Gasteiger partial charge in [-0.15, -0.1) is 5.10 Å². The second-order valence-electron chi connectivity index (χ2n) is 16.7. The molecule has 0 radical (unpaired) electrons. The van der Waals surface area contributed by atoms with E-state index in [4.69, 9.17) is 5.73 Å². The molecule has 2 aromatic carbocycles. The van der Waals surface area contributed by atoms with Crippen molar-refractivity contribution in [1.82, 2.24) is 40.6 Å². The zero-order valence-electron chi connectivity index (χ0n) is 34.0. The molecule has 4 atom stereocenters. The first-order valence-corrected chi connectivity index (χ1v) is 22.2. The zero-order chi connectivity index (χ0) is 43.2. The smallest absolute Gasteiger partial charge is 0.328 e. The van der Waals surface area contributed by atoms with E-state index in [1.807, 2.05) is 35.1 Å². The molecular formula is C41H55N9O9S. The predicted octanol–water partition coefficient (Wildman–Crippen LogP) is 2.07. The van der Waals surface area contributed by atoms with E-state index in [0.29, 0.717) is 30.5 Å². The van der Waals surface area contributed by atoms with Gasteiger partial charge in [-0.3, -0.25) is 24.0 Å². The van der Waals surface area contributed by atoms with E-state index in [9.17, 15) is 42.3 Å². The number of primary amides is 1. The molecule has 6 amide bonds. The lowest BCUT2D eigenvalue weighted by atomic mass is 9.84. The van der Waals surface area contributed by atoms with E-state index in [1.54, 1.807) is 26.0 Å². The first-order chi connectivity index (χ1) is 28.5. The lowest BCUT2D eigenvalue weighted by Crippen LogP contribution is -2.56. The van der Waals surface area contributed by atoms with Gasteiger partial charge < -0.3 is 31.7 Å². The number of likely N-dealkylation sites (tertiary alicyclic amines) is 1. The fourth-order valence-corrected chi connectivity index (χ4v) is 9.45. The van der Waals surface area contributed by atoms with Gasteiger partial charge in [-0.2, -0.15) is 0 Å². The molecule has 18 nitrogen and oxygen atoms in total. The third-order valence-electron chi connectivity index (χ3n) is 11.6. The highest BCUT2D eigenvalue weighted by Gasteiger charge is 2.45. The number of amides is 6. The second kappa shape index (κ2) is 18.9. The van der Waals surface area contributed by atoms with Crippen molar-refractivity contribution >= 4 is 56.2 Å². The van der Waals surface area contributed by atoms with E-state index in [-0.39, 0.29) is 44.7 Å². The molecule has 3 aromatic rings. The van der Waals surface area contributed by atoms with Gasteiger partial charge in [0.1, 0.15) is 17.7 Å². The maximum atomic E-state index is 14.9. The van der Waals surface area contributed by atoms with E-state index in [1.165, 1.54) is 15.8 Å². The van der Waals surface area contributed by atoms with Crippen LogP contribution in [0.4, 0.5) is 4.79 Å². The first-order valence-electron chi connectivity index (χ1n) is 20.7. The number of nitrogens with zero attached hydrogens (tertiary/aromatic N) is 4. The number of benzene rings is 2. The molecule has 1 saturated heterocycles. The maximum absolute atomic E-state index is 14.9. The Bertz CT molecular complexity index is 2200. The van der Waals surface area contributed by atoms with Crippen LogP contribution < -0.4 is 26.4 Å². The van der Waals surface area contributed by atoms with Crippen molar-refractivity contribution in [2.24, 2.45) is 11.7 Å². The molecule has 1 aliphatic heterocycles. The van der Waals surface area contributed by atoms with E-state index < -0.39 is 80.5 Å². The quantitative estimate of drug-likeness (QED) is 0.0797. The van der Waals surface area contributed by atoms with Gasteiger partial charge in [-0.1, -0.05) is 67.6 Å². The Labute approximate surface area is 348 Å². The van der Waals surface area contributed by atoms with Crippen LogP contribution >= 0.6 is 0 Å². The number of Topliss-reactive ketones (excluding diaryl/α,β-unsaturated/α-hetero) is 1. The second-order valence-corrected chi connectivity index (χ2v) is 18.7. The van der Waals surface area contributed by atoms with Crippen LogP contribution in [0.3, 0.4) is 0 Å². The molecule has 1 aromatic heterocycles. The Morgan fingerprint density at radius 3 is 2.33 bits per heavy atom. The highest BCUT2D eigenvalue weighted by molar-refractivity contribution is 7.90. The number of sulfonamides is 1. The molecule has 2 saturated carbocycles. The van der Waals surface area contributed by atoms with Crippen LogP contribution in [0.5, 0.6) is 0 Å². The monoisotopic (exact) mass is 849 g/mol. The minimum atomic E-state index is -3.74. The number of nitrogens with two attached hydrogens (primary N) is 1. The van der Waals surface area contributed by atoms with Crippen molar-refractivity contribution in [2.45, 2.75) is 126 Å². The molecule has 3 aliphatic rings. The minimum Gasteiger partial charge on any atom is -0.384 e. The Balaban J connectivity index is 1.21. The lowest BCUT2D eigenvalue weighted by Gasteiger charge is -2.32. The van der Waals surface area contributed by atoms with Gasteiger partial charge in [0.25, 0.3) is 11.8 Å². The van der Waals surface area contributed by atoms with Gasteiger partial charge >= 0.3 is 6.03 Å². The SMILES string of the molecule is CC(C)(O)c1cnnn1[C@H]1C[C@@H](C(=O)NC(CCCCNC(=O)NS(=O)(=O)C2CC2)C(=O)C(N)=O)N(C(=O)C(CC2CCCCC2)NC(=O)c2ccc3ccccc3c2)C1. The number of aromatic nitrogens is 3. The molecular weight excluding hydrogens is 795 g/mol. The molecule has 324 valence electrons. The third kappa shape index (κ3) is 11.0. The predicted molar refractivity (Wildman–Crippen MR) is 219 cm³/mol. The molecule has 2 heterocycles. The van der Waals surface area contributed by atoms with Crippen LogP contribution in [0.2, 0.25) is 0 Å². The van der Waals surface area contributed by atoms with E-state index in [0.717, 1.165) is 42.9 Å². The molecule has 60 heavy (non-hydrogen) atoms. The van der Waals surface area contributed by atoms with Crippen LogP contribution in [0.1, 0.15) is 113 Å². The number of hydrogen-bond acceptors (Lipinski definition) is 11. The summed E-state index contributed by atoms with van der Waals surface area (Å²) >= 11 is 0. The van der Waals surface area contributed by atoms with Crippen LogP contribution in [-0.2, 0) is 34.8 Å². The molecule has 2 unspecified atom stereocenters. The fourth-order valence-electron chi connectivity index (χ4n) is 8.20. The van der Waals surface area contributed by atoms with Crippen molar-refractivity contribution in [2.75, 3.05) is 13.1 Å². The number of aliphatic hydroxyl groups is 1. The molecule has 3 fully saturated rings. The molecule has 2 aliphatic carbocycles. The Kier molecular flexibility index (Phi) is 13.9. The molecule has 19 heteroatoms. The van der Waals surface area contributed by atoms with Gasteiger partial charge in [-0.05, 0) is 81.2 Å². The number of carbonyl (C=O) groups is 6. The number of carbonyl (C=O) groups excluding carboxylic acids is 6. The Hall–Kier alpha value is -5.43. The van der Waals surface area contributed by atoms with Gasteiger partial charge in [0.05, 0.1) is 29.2 Å². The number of urea groups is 1. The van der Waals surface area contributed by atoms with Crippen molar-refractivity contribution in [3.8, 4) is 0 Å². The van der Waals surface area contributed by atoms with E-state index >= 15 is 0 Å². The standard InChI is InChI=1S/C41H55N9O9S/c1-41(2,57)34-23-44-48-50(34)29-22-33(38(54)45-31(35(51)36(42)52)14-8-9-19-43-40(56)47-60(58,59)30-17-18-30)49(24-29)39(55)32(20-25-10-4-3-5-11-25)46-37(53)28-16-15-26-12-6-7-13-27(26)21-28/h6-7,12-13,15-16,21,23,25,29-33,57H,3-5,8-11,14,17-20,22,24H2,1-2H3,(H2,42,52)(H,45,54)(H,46,53)(H2,43,47,56)/t29-,31?,32?,33-/m0/s1. The van der Waals surface area contributed by atoms with Gasteiger partial charge in [0.15, 0.2) is 0 Å². The van der Waals surface area contributed by atoms with Crippen molar-refractivity contribution < 1.29 is 42.3 Å². The van der Waals surface area contributed by atoms with Crippen molar-refractivity contribution in [1.29, 1.82) is 0 Å². The van der Waals surface area contributed by atoms with Crippen molar-refractivity contribution in [3.63, 3.8) is 0 Å². The lowest BCUT2D eigenvalue weighted by molar-refractivity contribution is -0.142.